The Hall–Kier alpha value is -1.26. The van der Waals surface area contributed by atoms with Gasteiger partial charge in [0.15, 0.2) is 0 Å². The molecule has 2 rings (SSSR count). The van der Waals surface area contributed by atoms with Gasteiger partial charge in [-0.2, -0.15) is 0 Å². The highest BCUT2D eigenvalue weighted by atomic mass is 35.5. The third-order valence-electron chi connectivity index (χ3n) is 3.99. The van der Waals surface area contributed by atoms with Gasteiger partial charge < -0.3 is 14.8 Å². The van der Waals surface area contributed by atoms with Crippen molar-refractivity contribution in [3.05, 3.63) is 23.2 Å². The van der Waals surface area contributed by atoms with E-state index in [9.17, 15) is 4.79 Å². The van der Waals surface area contributed by atoms with Crippen LogP contribution in [0.2, 0.25) is 5.02 Å². The number of ether oxygens (including phenoxy) is 2. The quantitative estimate of drug-likeness (QED) is 0.811. The van der Waals surface area contributed by atoms with Crippen LogP contribution in [-0.2, 0) is 9.53 Å². The van der Waals surface area contributed by atoms with Gasteiger partial charge in [-0.3, -0.25) is 4.79 Å². The van der Waals surface area contributed by atoms with E-state index in [2.05, 4.69) is 5.32 Å². The molecule has 1 saturated carbocycles. The zero-order valence-electron chi connectivity index (χ0n) is 12.6. The van der Waals surface area contributed by atoms with E-state index in [-0.39, 0.29) is 11.3 Å². The van der Waals surface area contributed by atoms with Crippen LogP contribution in [0, 0.1) is 5.41 Å². The van der Waals surface area contributed by atoms with Gasteiger partial charge in [0.05, 0.1) is 11.6 Å². The molecular weight excluding hydrogens is 290 g/mol. The van der Waals surface area contributed by atoms with Crippen molar-refractivity contribution in [1.29, 1.82) is 0 Å². The fraction of sp³-hybridized carbons (Fsp3) is 0.562. The maximum absolute atomic E-state index is 12.3. The van der Waals surface area contributed by atoms with E-state index >= 15 is 0 Å². The van der Waals surface area contributed by atoms with Gasteiger partial charge in [-0.05, 0) is 31.0 Å². The van der Waals surface area contributed by atoms with Gasteiger partial charge in [0.25, 0.3) is 0 Å². The molecule has 0 aliphatic heterocycles. The minimum absolute atomic E-state index is 0.0733. The molecule has 1 aliphatic rings. The van der Waals surface area contributed by atoms with Gasteiger partial charge >= 0.3 is 0 Å². The number of benzene rings is 1. The zero-order chi connectivity index (χ0) is 15.3. The molecule has 0 saturated heterocycles. The van der Waals surface area contributed by atoms with E-state index in [0.29, 0.717) is 29.7 Å². The molecular formula is C16H22ClNO3. The second-order valence-electron chi connectivity index (χ2n) is 5.71. The number of nitrogens with one attached hydrogen (secondary N) is 1. The predicted octanol–water partition coefficient (Wildman–Crippen LogP) is 3.88. The fourth-order valence-electron chi connectivity index (χ4n) is 2.59. The van der Waals surface area contributed by atoms with Gasteiger partial charge in [-0.1, -0.05) is 31.4 Å². The Bertz CT molecular complexity index is 498. The summed E-state index contributed by atoms with van der Waals surface area (Å²) in [5.74, 6) is 0.669. The summed E-state index contributed by atoms with van der Waals surface area (Å²) >= 11 is 6.17. The van der Waals surface area contributed by atoms with Gasteiger partial charge in [-0.25, -0.2) is 0 Å². The van der Waals surface area contributed by atoms with E-state index in [4.69, 9.17) is 21.1 Å². The third-order valence-corrected chi connectivity index (χ3v) is 4.29. The monoisotopic (exact) mass is 311 g/mol. The van der Waals surface area contributed by atoms with Crippen LogP contribution in [0.5, 0.6) is 5.75 Å². The Kier molecular flexibility index (Phi) is 5.48. The molecule has 1 amide bonds. The van der Waals surface area contributed by atoms with Crippen LogP contribution in [0.1, 0.15) is 32.6 Å². The molecule has 1 N–H and O–H groups in total. The molecule has 0 heterocycles. The maximum atomic E-state index is 12.3. The molecule has 0 unspecified atom stereocenters. The van der Waals surface area contributed by atoms with Gasteiger partial charge in [0, 0.05) is 18.2 Å². The average molecular weight is 312 g/mol. The first-order valence-corrected chi connectivity index (χ1v) is 7.66. The summed E-state index contributed by atoms with van der Waals surface area (Å²) in [5, 5.41) is 3.44. The first-order chi connectivity index (χ1) is 10.0. The summed E-state index contributed by atoms with van der Waals surface area (Å²) in [5.41, 5.74) is 0.456. The number of hydrogen-bond acceptors (Lipinski definition) is 3. The van der Waals surface area contributed by atoms with E-state index < -0.39 is 0 Å². The number of rotatable bonds is 6. The number of hydrogen-bond donors (Lipinski definition) is 1. The molecule has 1 aliphatic carbocycles. The molecule has 0 atom stereocenters. The van der Waals surface area contributed by atoms with Gasteiger partial charge in [-0.15, -0.1) is 0 Å². The summed E-state index contributed by atoms with van der Waals surface area (Å²) < 4.78 is 10.4. The molecule has 0 radical (unpaired) electrons. The Labute approximate surface area is 130 Å². The van der Waals surface area contributed by atoms with Crippen LogP contribution in [0.15, 0.2) is 18.2 Å². The molecule has 1 aromatic carbocycles. The summed E-state index contributed by atoms with van der Waals surface area (Å²) in [6.45, 7) is 2.98. The smallest absolute Gasteiger partial charge is 0.230 e. The lowest BCUT2D eigenvalue weighted by atomic mass is 9.88. The highest BCUT2D eigenvalue weighted by Gasteiger charge is 2.36. The van der Waals surface area contributed by atoms with Crippen LogP contribution < -0.4 is 10.1 Å². The average Bonchev–Trinajstić information content (AvgIpc) is 2.90. The summed E-state index contributed by atoms with van der Waals surface area (Å²) in [4.78, 5) is 12.3. The molecule has 116 valence electrons. The topological polar surface area (TPSA) is 47.6 Å². The van der Waals surface area contributed by atoms with Crippen LogP contribution in [0.4, 0.5) is 5.69 Å². The predicted molar refractivity (Wildman–Crippen MR) is 84.0 cm³/mol. The lowest BCUT2D eigenvalue weighted by Gasteiger charge is -2.22. The summed E-state index contributed by atoms with van der Waals surface area (Å²) in [6.07, 6.45) is 4.14. The minimum Gasteiger partial charge on any atom is -0.490 e. The number of halogens is 1. The molecule has 21 heavy (non-hydrogen) atoms. The van der Waals surface area contributed by atoms with Crippen LogP contribution in [-0.4, -0.2) is 26.2 Å². The van der Waals surface area contributed by atoms with Crippen molar-refractivity contribution < 1.29 is 14.3 Å². The fourth-order valence-corrected chi connectivity index (χ4v) is 2.83. The number of amides is 1. The second kappa shape index (κ2) is 7.14. The summed E-state index contributed by atoms with van der Waals surface area (Å²) in [7, 11) is 1.62. The van der Waals surface area contributed by atoms with Crippen LogP contribution >= 0.6 is 11.6 Å². The zero-order valence-corrected chi connectivity index (χ0v) is 13.3. The van der Waals surface area contributed by atoms with Crippen LogP contribution in [0.3, 0.4) is 0 Å². The van der Waals surface area contributed by atoms with E-state index in [0.717, 1.165) is 25.7 Å². The van der Waals surface area contributed by atoms with Crippen molar-refractivity contribution in [1.82, 2.24) is 0 Å². The molecule has 5 heteroatoms. The Balaban J connectivity index is 1.98. The summed E-state index contributed by atoms with van der Waals surface area (Å²) in [6, 6.07) is 5.30. The highest BCUT2D eigenvalue weighted by Crippen LogP contribution is 2.38. The number of anilines is 1. The molecule has 0 spiro atoms. The number of carbonyl (C=O) groups is 1. The van der Waals surface area contributed by atoms with Crippen molar-refractivity contribution in [3.63, 3.8) is 0 Å². The standard InChI is InChI=1S/C16H22ClNO3/c1-16(7-3-4-8-16)15(19)18-12-5-6-14(13(17)11-12)21-10-9-20-2/h5-6,11H,3-4,7-10H2,1-2H3,(H,18,19). The lowest BCUT2D eigenvalue weighted by molar-refractivity contribution is -0.124. The molecule has 1 aromatic rings. The van der Waals surface area contributed by atoms with E-state index in [1.807, 2.05) is 13.0 Å². The highest BCUT2D eigenvalue weighted by molar-refractivity contribution is 6.32. The van der Waals surface area contributed by atoms with E-state index in [1.54, 1.807) is 19.2 Å². The van der Waals surface area contributed by atoms with Crippen molar-refractivity contribution in [3.8, 4) is 5.75 Å². The first-order valence-electron chi connectivity index (χ1n) is 7.28. The second-order valence-corrected chi connectivity index (χ2v) is 6.12. The van der Waals surface area contributed by atoms with Crippen molar-refractivity contribution in [2.45, 2.75) is 32.6 Å². The minimum atomic E-state index is -0.250. The van der Waals surface area contributed by atoms with Gasteiger partial charge in [0.1, 0.15) is 12.4 Å². The number of methoxy groups -OCH3 is 1. The molecule has 0 aromatic heterocycles. The largest absolute Gasteiger partial charge is 0.490 e. The Morgan fingerprint density at radius 2 is 2.05 bits per heavy atom. The molecule has 0 bridgehead atoms. The number of carbonyl (C=O) groups excluding carboxylic acids is 1. The third kappa shape index (κ3) is 4.11. The Morgan fingerprint density at radius 3 is 2.67 bits per heavy atom. The van der Waals surface area contributed by atoms with Crippen molar-refractivity contribution in [2.75, 3.05) is 25.6 Å². The van der Waals surface area contributed by atoms with Crippen molar-refractivity contribution >= 4 is 23.2 Å². The lowest BCUT2D eigenvalue weighted by Crippen LogP contribution is -2.30. The van der Waals surface area contributed by atoms with Crippen molar-refractivity contribution in [2.24, 2.45) is 5.41 Å². The van der Waals surface area contributed by atoms with E-state index in [1.165, 1.54) is 0 Å². The van der Waals surface area contributed by atoms with Gasteiger partial charge in [0.2, 0.25) is 5.91 Å². The molecule has 1 fully saturated rings. The molecule has 4 nitrogen and oxygen atoms in total. The SMILES string of the molecule is COCCOc1ccc(NC(=O)C2(C)CCCC2)cc1Cl. The normalized spacial score (nSPS) is 16.7. The Morgan fingerprint density at radius 1 is 1.33 bits per heavy atom. The van der Waals surface area contributed by atoms with Crippen LogP contribution in [0.25, 0.3) is 0 Å². The first kappa shape index (κ1) is 16.1. The maximum Gasteiger partial charge on any atom is 0.230 e.